The first kappa shape index (κ1) is 13.4. The molecule has 0 N–H and O–H groups in total. The lowest BCUT2D eigenvalue weighted by atomic mass is 9.88. The first-order chi connectivity index (χ1) is 10.3. The number of hydrogen-bond donors (Lipinski definition) is 0. The molecule has 0 amide bonds. The summed E-state index contributed by atoms with van der Waals surface area (Å²) in [6.07, 6.45) is 5.80. The largest absolute Gasteiger partial charge is 0.497 e. The van der Waals surface area contributed by atoms with Crippen LogP contribution in [0.15, 0.2) is 36.4 Å². The number of hydrogen-bond acceptors (Lipinski definition) is 3. The number of terminal acetylenes is 1. The van der Waals surface area contributed by atoms with Crippen LogP contribution >= 0.6 is 0 Å². The minimum absolute atomic E-state index is 0.195. The zero-order valence-corrected chi connectivity index (χ0v) is 12.1. The Kier molecular flexibility index (Phi) is 3.45. The molecular weight excluding hydrogens is 264 g/mol. The molecule has 2 aromatic rings. The standard InChI is InChI=1S/C18H16O3/c1-4-14-15-7-5-6-8-16(15)21-11-12-9-13(19-2)10-17(20-3)18(12)14/h1,5-10,14H,11H2,2-3H3. The summed E-state index contributed by atoms with van der Waals surface area (Å²) in [4.78, 5) is 0. The molecule has 3 rings (SSSR count). The van der Waals surface area contributed by atoms with Crippen LogP contribution in [0.1, 0.15) is 22.6 Å². The van der Waals surface area contributed by atoms with Gasteiger partial charge in [0.2, 0.25) is 0 Å². The van der Waals surface area contributed by atoms with Crippen LogP contribution in [-0.2, 0) is 6.61 Å². The van der Waals surface area contributed by atoms with Crippen molar-refractivity contribution >= 4 is 0 Å². The fourth-order valence-electron chi connectivity index (χ4n) is 2.72. The third kappa shape index (κ3) is 2.19. The molecule has 1 unspecified atom stereocenters. The van der Waals surface area contributed by atoms with Gasteiger partial charge in [0.25, 0.3) is 0 Å². The van der Waals surface area contributed by atoms with Crippen LogP contribution in [0.2, 0.25) is 0 Å². The zero-order valence-electron chi connectivity index (χ0n) is 12.1. The summed E-state index contributed by atoms with van der Waals surface area (Å²) in [5.74, 6) is 4.95. The Bertz CT molecular complexity index is 713. The van der Waals surface area contributed by atoms with Gasteiger partial charge in [-0.15, -0.1) is 6.42 Å². The van der Waals surface area contributed by atoms with E-state index >= 15 is 0 Å². The molecule has 0 fully saturated rings. The summed E-state index contributed by atoms with van der Waals surface area (Å²) >= 11 is 0. The molecular formula is C18H16O3. The van der Waals surface area contributed by atoms with Crippen molar-refractivity contribution in [3.05, 3.63) is 53.1 Å². The molecule has 1 aliphatic rings. The number of methoxy groups -OCH3 is 2. The van der Waals surface area contributed by atoms with Crippen molar-refractivity contribution in [3.63, 3.8) is 0 Å². The lowest BCUT2D eigenvalue weighted by Gasteiger charge is -2.17. The molecule has 1 heterocycles. The van der Waals surface area contributed by atoms with E-state index in [2.05, 4.69) is 5.92 Å². The van der Waals surface area contributed by atoms with Gasteiger partial charge in [0.1, 0.15) is 23.9 Å². The summed E-state index contributed by atoms with van der Waals surface area (Å²) in [7, 11) is 3.27. The van der Waals surface area contributed by atoms with Crippen LogP contribution in [0.4, 0.5) is 0 Å². The molecule has 0 aliphatic carbocycles. The topological polar surface area (TPSA) is 27.7 Å². The van der Waals surface area contributed by atoms with Gasteiger partial charge in [-0.1, -0.05) is 24.1 Å². The predicted molar refractivity (Wildman–Crippen MR) is 81.0 cm³/mol. The maximum absolute atomic E-state index is 5.90. The molecule has 0 radical (unpaired) electrons. The fraction of sp³-hybridized carbons (Fsp3) is 0.222. The minimum atomic E-state index is -0.195. The average Bonchev–Trinajstić information content (AvgIpc) is 2.70. The van der Waals surface area contributed by atoms with Crippen molar-refractivity contribution in [2.24, 2.45) is 0 Å². The van der Waals surface area contributed by atoms with Crippen LogP contribution in [0.3, 0.4) is 0 Å². The Morgan fingerprint density at radius 2 is 2.00 bits per heavy atom. The first-order valence-electron chi connectivity index (χ1n) is 6.71. The maximum atomic E-state index is 5.90. The summed E-state index contributed by atoms with van der Waals surface area (Å²) in [5, 5.41) is 0. The fourth-order valence-corrected chi connectivity index (χ4v) is 2.72. The molecule has 0 bridgehead atoms. The van der Waals surface area contributed by atoms with Gasteiger partial charge in [0, 0.05) is 22.8 Å². The van der Waals surface area contributed by atoms with E-state index in [1.54, 1.807) is 14.2 Å². The number of fused-ring (bicyclic) bond motifs is 2. The molecule has 1 atom stereocenters. The average molecular weight is 280 g/mol. The molecule has 21 heavy (non-hydrogen) atoms. The van der Waals surface area contributed by atoms with Crippen LogP contribution in [0, 0.1) is 12.3 Å². The van der Waals surface area contributed by atoms with Crippen LogP contribution in [-0.4, -0.2) is 14.2 Å². The SMILES string of the molecule is C#CC1c2ccccc2OCc2cc(OC)cc(OC)c21. The quantitative estimate of drug-likeness (QED) is 0.789. The van der Waals surface area contributed by atoms with Crippen LogP contribution in [0.5, 0.6) is 17.2 Å². The maximum Gasteiger partial charge on any atom is 0.127 e. The Balaban J connectivity index is 2.25. The lowest BCUT2D eigenvalue weighted by molar-refractivity contribution is 0.305. The van der Waals surface area contributed by atoms with Gasteiger partial charge in [-0.05, 0) is 12.1 Å². The van der Waals surface area contributed by atoms with E-state index in [0.29, 0.717) is 6.61 Å². The van der Waals surface area contributed by atoms with E-state index in [1.807, 2.05) is 36.4 Å². The Morgan fingerprint density at radius 3 is 2.71 bits per heavy atom. The van der Waals surface area contributed by atoms with E-state index in [4.69, 9.17) is 20.6 Å². The van der Waals surface area contributed by atoms with Gasteiger partial charge in [-0.2, -0.15) is 0 Å². The van der Waals surface area contributed by atoms with E-state index in [1.165, 1.54) is 0 Å². The van der Waals surface area contributed by atoms with Crippen LogP contribution < -0.4 is 14.2 Å². The van der Waals surface area contributed by atoms with E-state index in [9.17, 15) is 0 Å². The molecule has 106 valence electrons. The van der Waals surface area contributed by atoms with E-state index < -0.39 is 0 Å². The molecule has 3 heteroatoms. The van der Waals surface area contributed by atoms with Crippen molar-refractivity contribution in [3.8, 4) is 29.6 Å². The molecule has 0 saturated heterocycles. The lowest BCUT2D eigenvalue weighted by Crippen LogP contribution is -2.04. The molecule has 1 aliphatic heterocycles. The monoisotopic (exact) mass is 280 g/mol. The molecule has 0 saturated carbocycles. The highest BCUT2D eigenvalue weighted by atomic mass is 16.5. The Hall–Kier alpha value is -2.60. The summed E-state index contributed by atoms with van der Waals surface area (Å²) < 4.78 is 16.7. The Morgan fingerprint density at radius 1 is 1.19 bits per heavy atom. The molecule has 2 aromatic carbocycles. The Labute approximate surface area is 124 Å². The van der Waals surface area contributed by atoms with Gasteiger partial charge in [0.15, 0.2) is 0 Å². The van der Waals surface area contributed by atoms with Crippen molar-refractivity contribution in [1.82, 2.24) is 0 Å². The van der Waals surface area contributed by atoms with Gasteiger partial charge in [-0.3, -0.25) is 0 Å². The van der Waals surface area contributed by atoms with E-state index in [-0.39, 0.29) is 5.92 Å². The van der Waals surface area contributed by atoms with Crippen molar-refractivity contribution < 1.29 is 14.2 Å². The van der Waals surface area contributed by atoms with Gasteiger partial charge < -0.3 is 14.2 Å². The van der Waals surface area contributed by atoms with Gasteiger partial charge >= 0.3 is 0 Å². The van der Waals surface area contributed by atoms with Gasteiger partial charge in [-0.25, -0.2) is 0 Å². The third-order valence-electron chi connectivity index (χ3n) is 3.73. The summed E-state index contributed by atoms with van der Waals surface area (Å²) in [5.41, 5.74) is 2.96. The number of rotatable bonds is 2. The highest BCUT2D eigenvalue weighted by Gasteiger charge is 2.27. The number of ether oxygens (including phenoxy) is 3. The third-order valence-corrected chi connectivity index (χ3v) is 3.73. The predicted octanol–water partition coefficient (Wildman–Crippen LogP) is 3.36. The highest BCUT2D eigenvalue weighted by molar-refractivity contribution is 5.58. The summed E-state index contributed by atoms with van der Waals surface area (Å²) in [6, 6.07) is 11.7. The number of para-hydroxylation sites is 1. The molecule has 0 aromatic heterocycles. The van der Waals surface area contributed by atoms with Crippen molar-refractivity contribution in [1.29, 1.82) is 0 Å². The smallest absolute Gasteiger partial charge is 0.127 e. The van der Waals surface area contributed by atoms with Crippen molar-refractivity contribution in [2.75, 3.05) is 14.2 Å². The normalized spacial score (nSPS) is 15.8. The zero-order chi connectivity index (χ0) is 14.8. The van der Waals surface area contributed by atoms with Gasteiger partial charge in [0.05, 0.1) is 20.1 Å². The summed E-state index contributed by atoms with van der Waals surface area (Å²) in [6.45, 7) is 0.443. The second-order valence-corrected chi connectivity index (χ2v) is 4.83. The second kappa shape index (κ2) is 5.41. The molecule has 0 spiro atoms. The van der Waals surface area contributed by atoms with E-state index in [0.717, 1.165) is 33.9 Å². The minimum Gasteiger partial charge on any atom is -0.497 e. The number of benzene rings is 2. The highest BCUT2D eigenvalue weighted by Crippen LogP contribution is 2.42. The first-order valence-corrected chi connectivity index (χ1v) is 6.71. The second-order valence-electron chi connectivity index (χ2n) is 4.83. The van der Waals surface area contributed by atoms with Crippen molar-refractivity contribution in [2.45, 2.75) is 12.5 Å². The van der Waals surface area contributed by atoms with Crippen LogP contribution in [0.25, 0.3) is 0 Å². The molecule has 3 nitrogen and oxygen atoms in total.